The normalized spacial score (nSPS) is 12.2. The van der Waals surface area contributed by atoms with Crippen LogP contribution < -0.4 is 26.2 Å². The van der Waals surface area contributed by atoms with Gasteiger partial charge in [-0.1, -0.05) is 212 Å². The van der Waals surface area contributed by atoms with Crippen molar-refractivity contribution in [3.63, 3.8) is 0 Å². The maximum absolute atomic E-state index is 10.5. The molecule has 3 heterocycles. The number of aromatic nitrogens is 1. The second-order valence-electron chi connectivity index (χ2n) is 22.4. The molecule has 16 rings (SSSR count). The van der Waals surface area contributed by atoms with E-state index in [4.69, 9.17) is 0 Å². The van der Waals surface area contributed by atoms with E-state index in [1.165, 1.54) is 16.4 Å². The van der Waals surface area contributed by atoms with Crippen LogP contribution in [0.25, 0.3) is 94.3 Å². The molecule has 396 valence electrons. The highest BCUT2D eigenvalue weighted by Gasteiger charge is 2.44. The molecule has 0 unspecified atom stereocenters. The monoisotopic (exact) mass is 1080 g/mol. The van der Waals surface area contributed by atoms with Crippen molar-refractivity contribution in [1.82, 2.24) is 4.57 Å². The van der Waals surface area contributed by atoms with E-state index in [0.717, 1.165) is 134 Å². The third-order valence-electron chi connectivity index (χ3n) is 17.4. The van der Waals surface area contributed by atoms with Crippen LogP contribution in [0, 0.1) is 18.3 Å². The number of nitriles is 1. The lowest BCUT2D eigenvalue weighted by atomic mass is 9.33. The number of para-hydroxylation sites is 4. The number of fused-ring (bicyclic) bond motifs is 7. The minimum absolute atomic E-state index is 0.0775. The molecule has 14 aromatic rings. The molecule has 0 fully saturated rings. The molecule has 0 bridgehead atoms. The molecule has 85 heavy (non-hydrogen) atoms. The van der Waals surface area contributed by atoms with Crippen molar-refractivity contribution in [2.75, 3.05) is 9.80 Å². The summed E-state index contributed by atoms with van der Waals surface area (Å²) in [5, 5.41) is 12.8. The second kappa shape index (κ2) is 20.4. The number of nitrogens with zero attached hydrogens (tertiary/aromatic N) is 4. The summed E-state index contributed by atoms with van der Waals surface area (Å²) < 4.78 is 2.39. The Hall–Kier alpha value is -11.2. The third-order valence-corrected chi connectivity index (χ3v) is 17.4. The van der Waals surface area contributed by atoms with E-state index in [1.54, 1.807) is 0 Å². The van der Waals surface area contributed by atoms with Gasteiger partial charge in [0.2, 0.25) is 0 Å². The highest BCUT2D eigenvalue weighted by Crippen LogP contribution is 2.49. The summed E-state index contributed by atoms with van der Waals surface area (Å²) in [6, 6.07) is 113. The SMILES string of the molecule is Cc1ccc(-c2ccccc2-n2c3ccccc3c3cc(-c4cc5c6c(c4)N(c4cc(-c7ccccc7)cc(-c7ccccc7)c4)c4ccccc4B6c4ccccc4N5c4cc(-c5ccccc5)cc(-c5ccccc5)c4)ccc32)c(C#N)c1. The van der Waals surface area contributed by atoms with E-state index < -0.39 is 0 Å². The van der Waals surface area contributed by atoms with Crippen molar-refractivity contribution in [2.24, 2.45) is 0 Å². The summed E-state index contributed by atoms with van der Waals surface area (Å²) in [6.07, 6.45) is 0. The van der Waals surface area contributed by atoms with Gasteiger partial charge in [0.05, 0.1) is 28.4 Å². The summed E-state index contributed by atoms with van der Waals surface area (Å²) in [7, 11) is 0. The minimum Gasteiger partial charge on any atom is -0.311 e. The lowest BCUT2D eigenvalue weighted by molar-refractivity contribution is 1.18. The van der Waals surface area contributed by atoms with Crippen LogP contribution in [0.15, 0.2) is 303 Å². The Labute approximate surface area is 495 Å². The Balaban J connectivity index is 0.987. The van der Waals surface area contributed by atoms with Crippen molar-refractivity contribution in [3.8, 4) is 78.5 Å². The molecule has 2 aliphatic rings. The van der Waals surface area contributed by atoms with Gasteiger partial charge in [0.15, 0.2) is 0 Å². The zero-order valence-corrected chi connectivity index (χ0v) is 46.7. The molecule has 13 aromatic carbocycles. The molecule has 5 heteroatoms. The molecule has 0 saturated carbocycles. The molecule has 0 aliphatic carbocycles. The van der Waals surface area contributed by atoms with Crippen molar-refractivity contribution >= 4 is 79.0 Å². The maximum Gasteiger partial charge on any atom is 0.252 e. The standard InChI is InChI=1S/C80H53BN4/c1-53-38-40-67(64(42-53)52-82)68-30-14-18-34-73(68)85-74-35-19-15-31-69(74)70-49-58(39-41-75(70)85)63-50-78-80-79(51-63)84(66-47-61(56-26-10-4-11-27-56)44-62(48-66)57-28-12-5-13-29-57)77-37-21-17-33-72(77)81(80)71-32-16-20-36-76(71)83(78)65-45-59(54-22-6-2-7-23-54)43-60(46-65)55-24-8-3-9-25-55/h2-51H,1H3. The zero-order valence-electron chi connectivity index (χ0n) is 46.7. The van der Waals surface area contributed by atoms with E-state index in [9.17, 15) is 5.26 Å². The van der Waals surface area contributed by atoms with Crippen LogP contribution in [-0.2, 0) is 0 Å². The molecule has 1 aromatic heterocycles. The first kappa shape index (κ1) is 49.6. The Morgan fingerprint density at radius 2 is 0.741 bits per heavy atom. The molecule has 2 aliphatic heterocycles. The van der Waals surface area contributed by atoms with Gasteiger partial charge in [0.25, 0.3) is 6.71 Å². The van der Waals surface area contributed by atoms with Gasteiger partial charge in [-0.15, -0.1) is 0 Å². The second-order valence-corrected chi connectivity index (χ2v) is 22.4. The highest BCUT2D eigenvalue weighted by molar-refractivity contribution is 7.00. The molecule has 0 amide bonds. The van der Waals surface area contributed by atoms with E-state index >= 15 is 0 Å². The number of hydrogen-bond donors (Lipinski definition) is 0. The summed E-state index contributed by atoms with van der Waals surface area (Å²) in [4.78, 5) is 5.10. The summed E-state index contributed by atoms with van der Waals surface area (Å²) in [6.45, 7) is 1.96. The number of aryl methyl sites for hydroxylation is 1. The number of benzene rings is 13. The lowest BCUT2D eigenvalue weighted by Crippen LogP contribution is -2.61. The van der Waals surface area contributed by atoms with E-state index in [2.05, 4.69) is 318 Å². The average Bonchev–Trinajstić information content (AvgIpc) is 1.14. The average molecular weight is 1080 g/mol. The van der Waals surface area contributed by atoms with Gasteiger partial charge in [-0.2, -0.15) is 5.26 Å². The Morgan fingerprint density at radius 1 is 0.306 bits per heavy atom. The van der Waals surface area contributed by atoms with Crippen LogP contribution >= 0.6 is 0 Å². The molecule has 0 N–H and O–H groups in total. The van der Waals surface area contributed by atoms with Crippen molar-refractivity contribution in [3.05, 3.63) is 314 Å². The lowest BCUT2D eigenvalue weighted by Gasteiger charge is -2.44. The van der Waals surface area contributed by atoms with Crippen molar-refractivity contribution in [1.29, 1.82) is 5.26 Å². The zero-order chi connectivity index (χ0) is 56.5. The van der Waals surface area contributed by atoms with Gasteiger partial charge >= 0.3 is 0 Å². The van der Waals surface area contributed by atoms with Gasteiger partial charge < -0.3 is 14.4 Å². The fourth-order valence-corrected chi connectivity index (χ4v) is 13.6. The Kier molecular flexibility index (Phi) is 11.9. The Morgan fingerprint density at radius 3 is 1.26 bits per heavy atom. The number of anilines is 6. The molecule has 0 spiro atoms. The van der Waals surface area contributed by atoms with Gasteiger partial charge in [-0.25, -0.2) is 0 Å². The van der Waals surface area contributed by atoms with Gasteiger partial charge in [-0.3, -0.25) is 0 Å². The Bertz CT molecular complexity index is 4670. The van der Waals surface area contributed by atoms with E-state index in [0.29, 0.717) is 5.56 Å². The molecular formula is C80H53BN4. The predicted octanol–water partition coefficient (Wildman–Crippen LogP) is 19.0. The van der Waals surface area contributed by atoms with Gasteiger partial charge in [0.1, 0.15) is 0 Å². The minimum atomic E-state index is -0.0775. The van der Waals surface area contributed by atoms with Crippen molar-refractivity contribution in [2.45, 2.75) is 6.92 Å². The van der Waals surface area contributed by atoms with Crippen molar-refractivity contribution < 1.29 is 0 Å². The number of hydrogen-bond acceptors (Lipinski definition) is 3. The molecule has 0 radical (unpaired) electrons. The third kappa shape index (κ3) is 8.37. The summed E-state index contributed by atoms with van der Waals surface area (Å²) >= 11 is 0. The van der Waals surface area contributed by atoms with Crippen LogP contribution in [0.4, 0.5) is 34.1 Å². The first-order valence-electron chi connectivity index (χ1n) is 29.1. The number of rotatable bonds is 9. The quantitative estimate of drug-likeness (QED) is 0.135. The largest absolute Gasteiger partial charge is 0.311 e. The van der Waals surface area contributed by atoms with Crippen LogP contribution in [0.3, 0.4) is 0 Å². The molecule has 4 nitrogen and oxygen atoms in total. The highest BCUT2D eigenvalue weighted by atomic mass is 15.2. The maximum atomic E-state index is 10.5. The fourth-order valence-electron chi connectivity index (χ4n) is 13.6. The van der Waals surface area contributed by atoms with E-state index in [-0.39, 0.29) is 6.71 Å². The smallest absolute Gasteiger partial charge is 0.252 e. The van der Waals surface area contributed by atoms with Gasteiger partial charge in [0, 0.05) is 56.0 Å². The first-order chi connectivity index (χ1) is 42.0. The topological polar surface area (TPSA) is 35.2 Å². The summed E-state index contributed by atoms with van der Waals surface area (Å²) in [5.41, 5.74) is 28.8. The van der Waals surface area contributed by atoms with Crippen LogP contribution in [0.5, 0.6) is 0 Å². The molecule has 0 saturated heterocycles. The fraction of sp³-hybridized carbons (Fsp3) is 0.0125. The predicted molar refractivity (Wildman–Crippen MR) is 357 cm³/mol. The van der Waals surface area contributed by atoms with E-state index in [1.807, 2.05) is 13.0 Å². The molecule has 0 atom stereocenters. The van der Waals surface area contributed by atoms with Crippen LogP contribution in [0.1, 0.15) is 11.1 Å². The van der Waals surface area contributed by atoms with Crippen LogP contribution in [0.2, 0.25) is 0 Å². The summed E-state index contributed by atoms with van der Waals surface area (Å²) in [5.74, 6) is 0. The van der Waals surface area contributed by atoms with Crippen LogP contribution in [-0.4, -0.2) is 11.3 Å². The first-order valence-corrected chi connectivity index (χ1v) is 29.1. The van der Waals surface area contributed by atoms with Gasteiger partial charge in [-0.05, 0) is 176 Å². The molecular weight excluding hydrogens is 1030 g/mol.